The van der Waals surface area contributed by atoms with Gasteiger partial charge in [-0.15, -0.1) is 0 Å². The van der Waals surface area contributed by atoms with Gasteiger partial charge in [0.05, 0.1) is 13.0 Å². The average Bonchev–Trinajstić information content (AvgIpc) is 3.04. The Morgan fingerprint density at radius 2 is 1.85 bits per heavy atom. The molecule has 0 saturated carbocycles. The van der Waals surface area contributed by atoms with E-state index >= 15 is 0 Å². The maximum Gasteiger partial charge on any atom is 0.225 e. The van der Waals surface area contributed by atoms with Gasteiger partial charge in [-0.2, -0.15) is 0 Å². The highest BCUT2D eigenvalue weighted by atomic mass is 16.5. The zero-order chi connectivity index (χ0) is 18.4. The van der Waals surface area contributed by atoms with Crippen LogP contribution in [0.4, 0.5) is 0 Å². The molecular formula is C21H24N2O3. The molecule has 2 aromatic carbocycles. The molecule has 0 aliphatic carbocycles. The van der Waals surface area contributed by atoms with Crippen LogP contribution in [0, 0.1) is 5.92 Å². The molecule has 1 saturated heterocycles. The van der Waals surface area contributed by atoms with Crippen LogP contribution in [0.15, 0.2) is 54.6 Å². The van der Waals surface area contributed by atoms with Gasteiger partial charge in [-0.25, -0.2) is 0 Å². The average molecular weight is 352 g/mol. The quantitative estimate of drug-likeness (QED) is 0.832. The number of nitrogens with zero attached hydrogens (tertiary/aromatic N) is 1. The Kier molecular flexibility index (Phi) is 5.89. The van der Waals surface area contributed by atoms with Gasteiger partial charge in [-0.3, -0.25) is 9.59 Å². The van der Waals surface area contributed by atoms with Gasteiger partial charge in [0.1, 0.15) is 5.75 Å². The lowest BCUT2D eigenvalue weighted by atomic mass is 10.1. The van der Waals surface area contributed by atoms with E-state index in [9.17, 15) is 9.59 Å². The van der Waals surface area contributed by atoms with Crippen LogP contribution in [0.3, 0.4) is 0 Å². The van der Waals surface area contributed by atoms with Crippen molar-refractivity contribution in [3.8, 4) is 5.75 Å². The zero-order valence-corrected chi connectivity index (χ0v) is 15.0. The first-order valence-electron chi connectivity index (χ1n) is 8.88. The number of amides is 2. The number of nitrogens with one attached hydrogen (secondary N) is 1. The van der Waals surface area contributed by atoms with E-state index < -0.39 is 0 Å². The first-order chi connectivity index (χ1) is 12.7. The molecule has 5 heteroatoms. The van der Waals surface area contributed by atoms with Gasteiger partial charge in [0, 0.05) is 26.1 Å². The molecule has 2 amide bonds. The minimum absolute atomic E-state index is 0.0394. The normalized spacial score (nSPS) is 16.6. The van der Waals surface area contributed by atoms with Crippen molar-refractivity contribution < 1.29 is 14.3 Å². The summed E-state index contributed by atoms with van der Waals surface area (Å²) < 4.78 is 5.14. The molecule has 5 nitrogen and oxygen atoms in total. The van der Waals surface area contributed by atoms with Crippen molar-refractivity contribution >= 4 is 11.8 Å². The summed E-state index contributed by atoms with van der Waals surface area (Å²) in [5.41, 5.74) is 2.22. The van der Waals surface area contributed by atoms with Crippen LogP contribution in [-0.2, 0) is 22.6 Å². The summed E-state index contributed by atoms with van der Waals surface area (Å²) >= 11 is 0. The number of methoxy groups -OCH3 is 1. The van der Waals surface area contributed by atoms with Gasteiger partial charge >= 0.3 is 0 Å². The molecule has 1 aliphatic heterocycles. The summed E-state index contributed by atoms with van der Waals surface area (Å²) in [6, 6.07) is 17.7. The molecule has 2 aromatic rings. The summed E-state index contributed by atoms with van der Waals surface area (Å²) in [5, 5.41) is 2.96. The lowest BCUT2D eigenvalue weighted by Gasteiger charge is -2.16. The summed E-state index contributed by atoms with van der Waals surface area (Å²) in [4.78, 5) is 26.3. The summed E-state index contributed by atoms with van der Waals surface area (Å²) in [7, 11) is 1.64. The number of likely N-dealkylation sites (tertiary alicyclic amines) is 1. The van der Waals surface area contributed by atoms with Gasteiger partial charge in [0.2, 0.25) is 11.8 Å². The molecule has 0 bridgehead atoms. The van der Waals surface area contributed by atoms with Crippen LogP contribution in [0.1, 0.15) is 17.5 Å². The number of hydrogen-bond acceptors (Lipinski definition) is 3. The number of rotatable bonds is 7. The van der Waals surface area contributed by atoms with Gasteiger partial charge in [-0.05, 0) is 29.7 Å². The second-order valence-electron chi connectivity index (χ2n) is 6.55. The predicted octanol–water partition coefficient (Wildman–Crippen LogP) is 2.40. The van der Waals surface area contributed by atoms with Crippen LogP contribution in [0.5, 0.6) is 5.75 Å². The highest BCUT2D eigenvalue weighted by Crippen LogP contribution is 2.20. The molecule has 0 radical (unpaired) electrons. The molecule has 26 heavy (non-hydrogen) atoms. The minimum atomic E-state index is -0.262. The summed E-state index contributed by atoms with van der Waals surface area (Å²) in [6.07, 6.45) is 1.05. The molecule has 1 atom stereocenters. The van der Waals surface area contributed by atoms with Crippen molar-refractivity contribution in [3.05, 3.63) is 65.7 Å². The largest absolute Gasteiger partial charge is 0.497 e. The number of hydrogen-bond donors (Lipinski definition) is 1. The molecule has 1 fully saturated rings. The van der Waals surface area contributed by atoms with Crippen LogP contribution in [0.25, 0.3) is 0 Å². The number of benzene rings is 2. The molecular weight excluding hydrogens is 328 g/mol. The van der Waals surface area contributed by atoms with Gasteiger partial charge < -0.3 is 15.0 Å². The fourth-order valence-electron chi connectivity index (χ4n) is 3.17. The van der Waals surface area contributed by atoms with E-state index in [4.69, 9.17) is 4.74 Å². The third-order valence-corrected chi connectivity index (χ3v) is 4.67. The van der Waals surface area contributed by atoms with Crippen LogP contribution < -0.4 is 10.1 Å². The van der Waals surface area contributed by atoms with Crippen LogP contribution >= 0.6 is 0 Å². The molecule has 1 unspecified atom stereocenters. The molecule has 136 valence electrons. The highest BCUT2D eigenvalue weighted by Gasteiger charge is 2.33. The Hall–Kier alpha value is -2.82. The second kappa shape index (κ2) is 8.52. The third kappa shape index (κ3) is 4.63. The molecule has 1 heterocycles. The van der Waals surface area contributed by atoms with Gasteiger partial charge in [0.25, 0.3) is 0 Å². The Labute approximate surface area is 154 Å². The fraction of sp³-hybridized carbons (Fsp3) is 0.333. The van der Waals surface area contributed by atoms with E-state index in [0.717, 1.165) is 23.3 Å². The smallest absolute Gasteiger partial charge is 0.225 e. The van der Waals surface area contributed by atoms with Crippen molar-refractivity contribution in [3.63, 3.8) is 0 Å². The number of carbonyl (C=O) groups excluding carboxylic acids is 2. The second-order valence-corrected chi connectivity index (χ2v) is 6.55. The van der Waals surface area contributed by atoms with Crippen molar-refractivity contribution in [2.75, 3.05) is 20.2 Å². The first kappa shape index (κ1) is 18.0. The van der Waals surface area contributed by atoms with E-state index in [2.05, 4.69) is 5.32 Å². The van der Waals surface area contributed by atoms with E-state index in [1.807, 2.05) is 54.6 Å². The predicted molar refractivity (Wildman–Crippen MR) is 99.7 cm³/mol. The van der Waals surface area contributed by atoms with E-state index in [1.165, 1.54) is 0 Å². The molecule has 0 spiro atoms. The molecule has 1 N–H and O–H groups in total. The molecule has 0 aromatic heterocycles. The third-order valence-electron chi connectivity index (χ3n) is 4.67. The van der Waals surface area contributed by atoms with E-state index in [-0.39, 0.29) is 17.7 Å². The Balaban J connectivity index is 1.45. The van der Waals surface area contributed by atoms with E-state index in [1.54, 1.807) is 12.0 Å². The Bertz CT molecular complexity index is 744. The van der Waals surface area contributed by atoms with Crippen molar-refractivity contribution in [1.82, 2.24) is 10.2 Å². The Morgan fingerprint density at radius 3 is 2.54 bits per heavy atom. The van der Waals surface area contributed by atoms with Gasteiger partial charge in [0.15, 0.2) is 0 Å². The maximum atomic E-state index is 12.4. The Morgan fingerprint density at radius 1 is 1.12 bits per heavy atom. The standard InChI is InChI=1S/C21H24N2O3/c1-26-19-9-7-16(8-10-19)11-12-22-21(25)18-13-20(24)23(15-18)14-17-5-3-2-4-6-17/h2-10,18H,11-15H2,1H3,(H,22,25). The van der Waals surface area contributed by atoms with Crippen LogP contribution in [0.2, 0.25) is 0 Å². The molecule has 1 aliphatic rings. The highest BCUT2D eigenvalue weighted by molar-refractivity contribution is 5.89. The van der Waals surface area contributed by atoms with Crippen molar-refractivity contribution in [2.24, 2.45) is 5.92 Å². The molecule has 3 rings (SSSR count). The van der Waals surface area contributed by atoms with E-state index in [0.29, 0.717) is 26.1 Å². The summed E-state index contributed by atoms with van der Waals surface area (Å²) in [5.74, 6) is 0.564. The topological polar surface area (TPSA) is 58.6 Å². The fourth-order valence-corrected chi connectivity index (χ4v) is 3.17. The monoisotopic (exact) mass is 352 g/mol. The summed E-state index contributed by atoms with van der Waals surface area (Å²) in [6.45, 7) is 1.62. The lowest BCUT2D eigenvalue weighted by Crippen LogP contribution is -2.34. The maximum absolute atomic E-state index is 12.4. The van der Waals surface area contributed by atoms with Crippen molar-refractivity contribution in [2.45, 2.75) is 19.4 Å². The van der Waals surface area contributed by atoms with Crippen molar-refractivity contribution in [1.29, 1.82) is 0 Å². The number of ether oxygens (including phenoxy) is 1. The first-order valence-corrected chi connectivity index (χ1v) is 8.88. The lowest BCUT2D eigenvalue weighted by molar-refractivity contribution is -0.129. The number of carbonyl (C=O) groups is 2. The van der Waals surface area contributed by atoms with Gasteiger partial charge in [-0.1, -0.05) is 42.5 Å². The minimum Gasteiger partial charge on any atom is -0.497 e. The SMILES string of the molecule is COc1ccc(CCNC(=O)C2CC(=O)N(Cc3ccccc3)C2)cc1. The van der Waals surface area contributed by atoms with Crippen LogP contribution in [-0.4, -0.2) is 36.9 Å². The zero-order valence-electron chi connectivity index (χ0n) is 15.0.